The third-order valence-corrected chi connectivity index (χ3v) is 7.15. The molecule has 2 saturated heterocycles. The summed E-state index contributed by atoms with van der Waals surface area (Å²) in [6.45, 7) is 0. The second kappa shape index (κ2) is 5.51. The molecule has 3 fully saturated rings. The van der Waals surface area contributed by atoms with Crippen molar-refractivity contribution in [3.05, 3.63) is 0 Å². The lowest BCUT2D eigenvalue weighted by molar-refractivity contribution is -0.150. The first-order chi connectivity index (χ1) is 9.08. The van der Waals surface area contributed by atoms with E-state index in [9.17, 15) is 9.90 Å². The van der Waals surface area contributed by atoms with Crippen LogP contribution in [0.1, 0.15) is 44.9 Å². The lowest BCUT2D eigenvalue weighted by Crippen LogP contribution is -2.51. The van der Waals surface area contributed by atoms with E-state index >= 15 is 0 Å². The van der Waals surface area contributed by atoms with Crippen molar-refractivity contribution in [1.29, 1.82) is 0 Å². The van der Waals surface area contributed by atoms with Crippen LogP contribution in [0.5, 0.6) is 0 Å². The Bertz CT molecular complexity index is 354. The van der Waals surface area contributed by atoms with Gasteiger partial charge in [0.1, 0.15) is 0 Å². The number of aliphatic carboxylic acids is 1. The van der Waals surface area contributed by atoms with Crippen molar-refractivity contribution >= 4 is 28.6 Å². The Morgan fingerprint density at radius 2 is 1.84 bits per heavy atom. The van der Waals surface area contributed by atoms with Crippen molar-refractivity contribution < 1.29 is 9.90 Å². The average Bonchev–Trinajstić information content (AvgIpc) is 2.63. The van der Waals surface area contributed by atoms with Crippen LogP contribution in [0.15, 0.2) is 0 Å². The summed E-state index contributed by atoms with van der Waals surface area (Å²) in [6, 6.07) is 0.960. The lowest BCUT2D eigenvalue weighted by atomic mass is 9.68. The fraction of sp³-hybridized carbons (Fsp3) is 0.933. The number of hydrogen-bond acceptors (Lipinski definition) is 2. The summed E-state index contributed by atoms with van der Waals surface area (Å²) in [5.74, 6) is 0.456. The molecule has 0 aromatic heterocycles. The van der Waals surface area contributed by atoms with Gasteiger partial charge in [-0.1, -0.05) is 22.6 Å². The maximum absolute atomic E-state index is 11.8. The van der Waals surface area contributed by atoms with E-state index in [-0.39, 0.29) is 5.92 Å². The van der Waals surface area contributed by atoms with Gasteiger partial charge >= 0.3 is 5.97 Å². The molecule has 4 atom stereocenters. The van der Waals surface area contributed by atoms with Gasteiger partial charge in [0.2, 0.25) is 0 Å². The van der Waals surface area contributed by atoms with Gasteiger partial charge in [-0.3, -0.25) is 9.69 Å². The third-order valence-electron chi connectivity index (χ3n) is 5.91. The van der Waals surface area contributed by atoms with Crippen molar-refractivity contribution in [3.8, 4) is 0 Å². The molecule has 2 heterocycles. The summed E-state index contributed by atoms with van der Waals surface area (Å²) in [7, 11) is 2.14. The van der Waals surface area contributed by atoms with Crippen LogP contribution >= 0.6 is 22.6 Å². The highest BCUT2D eigenvalue weighted by Gasteiger charge is 2.50. The fourth-order valence-corrected chi connectivity index (χ4v) is 5.56. The van der Waals surface area contributed by atoms with Gasteiger partial charge in [-0.15, -0.1) is 0 Å². The number of nitrogens with zero attached hydrogens (tertiary/aromatic N) is 1. The number of halogens is 1. The number of hydrogen-bond donors (Lipinski definition) is 1. The van der Waals surface area contributed by atoms with E-state index in [1.165, 1.54) is 32.1 Å². The van der Waals surface area contributed by atoms with Gasteiger partial charge in [0, 0.05) is 16.0 Å². The molecular formula is C15H24INO2. The van der Waals surface area contributed by atoms with Gasteiger partial charge < -0.3 is 5.11 Å². The van der Waals surface area contributed by atoms with Gasteiger partial charge in [-0.05, 0) is 63.8 Å². The number of carboxylic acids is 1. The molecule has 3 aliphatic rings. The first-order valence-electron chi connectivity index (χ1n) is 7.66. The van der Waals surface area contributed by atoms with Gasteiger partial charge in [-0.25, -0.2) is 0 Å². The predicted octanol–water partition coefficient (Wildman–Crippen LogP) is 3.16. The number of fused-ring (bicyclic) bond motifs is 2. The summed E-state index contributed by atoms with van der Waals surface area (Å²) in [5, 5.41) is 9.70. The Morgan fingerprint density at radius 1 is 1.16 bits per heavy atom. The van der Waals surface area contributed by atoms with Crippen LogP contribution in [0, 0.1) is 17.8 Å². The van der Waals surface area contributed by atoms with E-state index in [1.807, 2.05) is 0 Å². The van der Waals surface area contributed by atoms with E-state index in [0.29, 0.717) is 23.9 Å². The zero-order valence-corrected chi connectivity index (χ0v) is 13.8. The zero-order valence-electron chi connectivity index (χ0n) is 11.6. The number of carboxylic acid groups (broad SMARTS) is 1. The topological polar surface area (TPSA) is 40.5 Å². The van der Waals surface area contributed by atoms with Crippen molar-refractivity contribution in [2.45, 2.75) is 61.0 Å². The fourth-order valence-electron chi connectivity index (χ4n) is 4.84. The van der Waals surface area contributed by atoms with E-state index in [4.69, 9.17) is 0 Å². The molecule has 0 spiro atoms. The van der Waals surface area contributed by atoms with Crippen LogP contribution in [0.3, 0.4) is 0 Å². The number of piperidine rings is 1. The molecule has 0 radical (unpaired) electrons. The number of carbonyl (C=O) groups is 1. The largest absolute Gasteiger partial charge is 0.481 e. The Labute approximate surface area is 129 Å². The molecule has 1 aliphatic carbocycles. The highest BCUT2D eigenvalue weighted by atomic mass is 127. The van der Waals surface area contributed by atoms with Crippen LogP contribution in [0.25, 0.3) is 0 Å². The summed E-state index contributed by atoms with van der Waals surface area (Å²) < 4.78 is 0.820. The second-order valence-electron chi connectivity index (χ2n) is 6.74. The van der Waals surface area contributed by atoms with E-state index in [0.717, 1.165) is 16.8 Å². The molecule has 1 saturated carbocycles. The minimum Gasteiger partial charge on any atom is -0.481 e. The third kappa shape index (κ3) is 2.55. The summed E-state index contributed by atoms with van der Waals surface area (Å²) in [5.41, 5.74) is 0. The minimum atomic E-state index is -0.543. The summed E-state index contributed by atoms with van der Waals surface area (Å²) >= 11 is 2.56. The Balaban J connectivity index is 1.78. The van der Waals surface area contributed by atoms with Gasteiger partial charge in [-0.2, -0.15) is 0 Å². The SMILES string of the molecule is CN1C2CC[C@@H]1C[C@H](C1CCC(I)CC1)C2C(=O)O. The number of alkyl halides is 1. The van der Waals surface area contributed by atoms with Crippen LogP contribution in [-0.2, 0) is 4.79 Å². The molecule has 2 unspecified atom stereocenters. The summed E-state index contributed by atoms with van der Waals surface area (Å²) in [4.78, 5) is 14.1. The Hall–Kier alpha value is 0.160. The van der Waals surface area contributed by atoms with E-state index < -0.39 is 5.97 Å². The first-order valence-corrected chi connectivity index (χ1v) is 8.91. The first kappa shape index (κ1) is 14.1. The molecule has 2 aliphatic heterocycles. The van der Waals surface area contributed by atoms with E-state index in [1.54, 1.807) is 0 Å². The average molecular weight is 377 g/mol. The molecule has 2 bridgehead atoms. The molecule has 0 aromatic rings. The molecule has 3 rings (SSSR count). The number of rotatable bonds is 2. The quantitative estimate of drug-likeness (QED) is 0.594. The van der Waals surface area contributed by atoms with E-state index in [2.05, 4.69) is 34.5 Å². The highest BCUT2D eigenvalue weighted by Crippen LogP contribution is 2.48. The lowest BCUT2D eigenvalue weighted by Gasteiger charge is -2.45. The van der Waals surface area contributed by atoms with Crippen molar-refractivity contribution in [1.82, 2.24) is 4.90 Å². The molecule has 19 heavy (non-hydrogen) atoms. The molecule has 0 aromatic carbocycles. The molecule has 4 heteroatoms. The zero-order chi connectivity index (χ0) is 13.6. The smallest absolute Gasteiger partial charge is 0.308 e. The van der Waals surface area contributed by atoms with Gasteiger partial charge in [0.15, 0.2) is 0 Å². The molecule has 108 valence electrons. The molecular weight excluding hydrogens is 353 g/mol. The minimum absolute atomic E-state index is 0.112. The predicted molar refractivity (Wildman–Crippen MR) is 83.6 cm³/mol. The Morgan fingerprint density at radius 3 is 2.47 bits per heavy atom. The second-order valence-corrected chi connectivity index (χ2v) is 8.50. The van der Waals surface area contributed by atoms with Crippen LogP contribution < -0.4 is 0 Å². The maximum atomic E-state index is 11.8. The van der Waals surface area contributed by atoms with Gasteiger partial charge in [0.05, 0.1) is 5.92 Å². The summed E-state index contributed by atoms with van der Waals surface area (Å²) in [6.07, 6.45) is 8.52. The van der Waals surface area contributed by atoms with Crippen LogP contribution in [-0.4, -0.2) is 39.0 Å². The standard InChI is InChI=1S/C15H24INO2/c1-17-11-6-7-13(17)14(15(18)19)12(8-11)9-2-4-10(16)5-3-9/h9-14H,2-8H2,1H3,(H,18,19)/t9?,10?,11-,12-,13?,14?/m1/s1. The normalized spacial score (nSPS) is 47.3. The van der Waals surface area contributed by atoms with Crippen molar-refractivity contribution in [3.63, 3.8) is 0 Å². The molecule has 1 N–H and O–H groups in total. The van der Waals surface area contributed by atoms with Crippen LogP contribution in [0.4, 0.5) is 0 Å². The molecule has 0 amide bonds. The Kier molecular flexibility index (Phi) is 4.09. The van der Waals surface area contributed by atoms with Crippen LogP contribution in [0.2, 0.25) is 0 Å². The van der Waals surface area contributed by atoms with Crippen molar-refractivity contribution in [2.75, 3.05) is 7.05 Å². The van der Waals surface area contributed by atoms with Gasteiger partial charge in [0.25, 0.3) is 0 Å². The maximum Gasteiger partial charge on any atom is 0.308 e. The monoisotopic (exact) mass is 377 g/mol. The highest BCUT2D eigenvalue weighted by molar-refractivity contribution is 14.1. The molecule has 3 nitrogen and oxygen atoms in total. The van der Waals surface area contributed by atoms with Crippen molar-refractivity contribution in [2.24, 2.45) is 17.8 Å².